The average molecular weight is 379 g/mol. The molecule has 0 radical (unpaired) electrons. The first-order valence-corrected chi connectivity index (χ1v) is 8.70. The Balaban J connectivity index is 2.20. The summed E-state index contributed by atoms with van der Waals surface area (Å²) in [6.45, 7) is 7.86. The van der Waals surface area contributed by atoms with Crippen LogP contribution < -0.4 is 4.74 Å². The van der Waals surface area contributed by atoms with Gasteiger partial charge in [-0.25, -0.2) is 4.79 Å². The van der Waals surface area contributed by atoms with Gasteiger partial charge in [0.15, 0.2) is 5.78 Å². The molecular weight excluding hydrogens is 356 g/mol. The maximum atomic E-state index is 12.5. The normalized spacial score (nSPS) is 10.9. The number of benzene rings is 1. The van der Waals surface area contributed by atoms with E-state index in [1.165, 1.54) is 14.0 Å². The third-order valence-electron chi connectivity index (χ3n) is 3.85. The first-order chi connectivity index (χ1) is 12.2. The fourth-order valence-corrected chi connectivity index (χ4v) is 2.90. The number of ether oxygens (including phenoxy) is 2. The van der Waals surface area contributed by atoms with E-state index in [-0.39, 0.29) is 23.1 Å². The van der Waals surface area contributed by atoms with Crippen molar-refractivity contribution in [3.63, 3.8) is 0 Å². The minimum absolute atomic E-state index is 0.0335. The molecule has 1 heterocycles. The molecule has 0 spiro atoms. The highest BCUT2D eigenvalue weighted by atomic mass is 35.5. The minimum atomic E-state index is -0.558. The molecule has 0 unspecified atom stereocenters. The second-order valence-corrected chi connectivity index (χ2v) is 6.84. The second kappa shape index (κ2) is 8.36. The van der Waals surface area contributed by atoms with Gasteiger partial charge in [-0.15, -0.1) is 0 Å². The third kappa shape index (κ3) is 4.43. The molecule has 0 amide bonds. The van der Waals surface area contributed by atoms with Crippen LogP contribution in [0, 0.1) is 12.8 Å². The molecule has 26 heavy (non-hydrogen) atoms. The fourth-order valence-electron chi connectivity index (χ4n) is 2.58. The van der Waals surface area contributed by atoms with Crippen molar-refractivity contribution in [2.24, 2.45) is 5.92 Å². The Morgan fingerprint density at radius 3 is 2.58 bits per heavy atom. The van der Waals surface area contributed by atoms with Gasteiger partial charge in [-0.2, -0.15) is 5.10 Å². The summed E-state index contributed by atoms with van der Waals surface area (Å²) in [5.74, 6) is 0.252. The molecule has 0 bridgehead atoms. The van der Waals surface area contributed by atoms with Gasteiger partial charge in [0, 0.05) is 17.7 Å². The van der Waals surface area contributed by atoms with E-state index in [2.05, 4.69) is 5.10 Å². The predicted molar refractivity (Wildman–Crippen MR) is 98.9 cm³/mol. The Labute approximate surface area is 158 Å². The summed E-state index contributed by atoms with van der Waals surface area (Å²) in [7, 11) is 1.52. The van der Waals surface area contributed by atoms with Crippen molar-refractivity contribution < 1.29 is 19.1 Å². The molecule has 0 saturated carbocycles. The summed E-state index contributed by atoms with van der Waals surface area (Å²) in [6, 6.07) is 5.01. The number of aryl methyl sites for hydroxylation is 1. The van der Waals surface area contributed by atoms with Gasteiger partial charge in [0.05, 0.1) is 12.8 Å². The molecule has 0 fully saturated rings. The van der Waals surface area contributed by atoms with Crippen molar-refractivity contribution in [3.05, 3.63) is 45.7 Å². The van der Waals surface area contributed by atoms with E-state index in [1.807, 2.05) is 13.8 Å². The van der Waals surface area contributed by atoms with Crippen molar-refractivity contribution >= 4 is 23.4 Å². The van der Waals surface area contributed by atoms with E-state index in [4.69, 9.17) is 21.1 Å². The van der Waals surface area contributed by atoms with Gasteiger partial charge in [0.1, 0.15) is 23.1 Å². The molecule has 140 valence electrons. The molecule has 0 saturated heterocycles. The van der Waals surface area contributed by atoms with Crippen LogP contribution in [-0.4, -0.2) is 28.6 Å². The number of carbonyl (C=O) groups is 2. The van der Waals surface area contributed by atoms with Crippen molar-refractivity contribution in [2.45, 2.75) is 40.8 Å². The number of hydrogen-bond donors (Lipinski definition) is 0. The summed E-state index contributed by atoms with van der Waals surface area (Å²) in [4.78, 5) is 24.1. The molecule has 1 aromatic carbocycles. The van der Waals surface area contributed by atoms with Crippen LogP contribution in [0.5, 0.6) is 5.75 Å². The van der Waals surface area contributed by atoms with E-state index in [0.717, 1.165) is 0 Å². The maximum absolute atomic E-state index is 12.5. The van der Waals surface area contributed by atoms with Gasteiger partial charge in [0.2, 0.25) is 0 Å². The Morgan fingerprint density at radius 1 is 1.31 bits per heavy atom. The number of esters is 1. The minimum Gasteiger partial charge on any atom is -0.496 e. The average Bonchev–Trinajstić information content (AvgIpc) is 2.85. The van der Waals surface area contributed by atoms with E-state index >= 15 is 0 Å². The van der Waals surface area contributed by atoms with Crippen LogP contribution in [0.15, 0.2) is 18.2 Å². The lowest BCUT2D eigenvalue weighted by molar-refractivity contribution is 0.0469. The van der Waals surface area contributed by atoms with E-state index in [9.17, 15) is 9.59 Å². The summed E-state index contributed by atoms with van der Waals surface area (Å²) >= 11 is 6.31. The summed E-state index contributed by atoms with van der Waals surface area (Å²) in [6.07, 6.45) is 0. The molecule has 6 nitrogen and oxygen atoms in total. The Kier molecular flexibility index (Phi) is 6.42. The van der Waals surface area contributed by atoms with Crippen molar-refractivity contribution in [3.8, 4) is 5.75 Å². The van der Waals surface area contributed by atoms with Gasteiger partial charge in [-0.3, -0.25) is 9.48 Å². The standard InChI is InChI=1S/C19H23ClN2O4/c1-11(2)9-22-18(20)17(12(3)21-22)19(24)26-10-15-8-14(13(4)23)6-7-16(15)25-5/h6-8,11H,9-10H2,1-5H3. The third-order valence-corrected chi connectivity index (χ3v) is 4.24. The molecular formula is C19H23ClN2O4. The highest BCUT2D eigenvalue weighted by Crippen LogP contribution is 2.25. The lowest BCUT2D eigenvalue weighted by Crippen LogP contribution is -2.09. The van der Waals surface area contributed by atoms with Crippen molar-refractivity contribution in [2.75, 3.05) is 7.11 Å². The zero-order valence-corrected chi connectivity index (χ0v) is 16.4. The number of Topliss-reactive ketones (excluding diaryl/α,β-unsaturated/α-hetero) is 1. The zero-order valence-electron chi connectivity index (χ0n) is 15.6. The van der Waals surface area contributed by atoms with Crippen LogP contribution in [0.2, 0.25) is 5.15 Å². The quantitative estimate of drug-likeness (QED) is 0.536. The Bertz CT molecular complexity index is 827. The lowest BCUT2D eigenvalue weighted by Gasteiger charge is -2.11. The van der Waals surface area contributed by atoms with Crippen molar-refractivity contribution in [1.82, 2.24) is 9.78 Å². The van der Waals surface area contributed by atoms with Crippen molar-refractivity contribution in [1.29, 1.82) is 0 Å². The summed E-state index contributed by atoms with van der Waals surface area (Å²) in [5, 5.41) is 4.58. The van der Waals surface area contributed by atoms with Gasteiger partial charge in [-0.1, -0.05) is 25.4 Å². The van der Waals surface area contributed by atoms with Crippen LogP contribution in [0.3, 0.4) is 0 Å². The fraction of sp³-hybridized carbons (Fsp3) is 0.421. The van der Waals surface area contributed by atoms with Gasteiger partial charge >= 0.3 is 5.97 Å². The van der Waals surface area contributed by atoms with Crippen LogP contribution in [0.4, 0.5) is 0 Å². The molecule has 2 aromatic rings. The molecule has 0 aliphatic rings. The first kappa shape index (κ1) is 20.0. The zero-order chi connectivity index (χ0) is 19.4. The number of halogens is 1. The number of ketones is 1. The second-order valence-electron chi connectivity index (χ2n) is 6.49. The smallest absolute Gasteiger partial charge is 0.343 e. The maximum Gasteiger partial charge on any atom is 0.343 e. The number of hydrogen-bond acceptors (Lipinski definition) is 5. The van der Waals surface area contributed by atoms with Gasteiger partial charge < -0.3 is 9.47 Å². The first-order valence-electron chi connectivity index (χ1n) is 8.32. The molecule has 7 heteroatoms. The topological polar surface area (TPSA) is 70.4 Å². The van der Waals surface area contributed by atoms with E-state index < -0.39 is 5.97 Å². The van der Waals surface area contributed by atoms with Gasteiger partial charge in [0.25, 0.3) is 0 Å². The van der Waals surface area contributed by atoms with Crippen LogP contribution in [-0.2, 0) is 17.9 Å². The molecule has 2 rings (SSSR count). The number of nitrogens with zero attached hydrogens (tertiary/aromatic N) is 2. The Hall–Kier alpha value is -2.34. The van der Waals surface area contributed by atoms with E-state index in [1.54, 1.807) is 29.8 Å². The van der Waals surface area contributed by atoms with Crippen LogP contribution >= 0.6 is 11.6 Å². The summed E-state index contributed by atoms with van der Waals surface area (Å²) in [5.41, 5.74) is 1.91. The largest absolute Gasteiger partial charge is 0.496 e. The number of rotatable bonds is 7. The molecule has 0 N–H and O–H groups in total. The van der Waals surface area contributed by atoms with Gasteiger partial charge in [-0.05, 0) is 38.0 Å². The summed E-state index contributed by atoms with van der Waals surface area (Å²) < 4.78 is 12.3. The monoisotopic (exact) mass is 378 g/mol. The number of methoxy groups -OCH3 is 1. The molecule has 0 aliphatic heterocycles. The number of aromatic nitrogens is 2. The predicted octanol–water partition coefficient (Wildman–Crippen LogP) is 4.07. The van der Waals surface area contributed by atoms with E-state index in [0.29, 0.717) is 35.0 Å². The highest BCUT2D eigenvalue weighted by molar-refractivity contribution is 6.32. The molecule has 0 atom stereocenters. The van der Waals surface area contributed by atoms with Crippen LogP contribution in [0.25, 0.3) is 0 Å². The Morgan fingerprint density at radius 2 is 2.00 bits per heavy atom. The SMILES string of the molecule is COc1ccc(C(C)=O)cc1COC(=O)c1c(C)nn(CC(C)C)c1Cl. The lowest BCUT2D eigenvalue weighted by atomic mass is 10.1. The molecule has 1 aromatic heterocycles. The van der Waals surface area contributed by atoms with Crippen LogP contribution in [0.1, 0.15) is 52.7 Å². The highest BCUT2D eigenvalue weighted by Gasteiger charge is 2.22. The molecule has 0 aliphatic carbocycles. The number of carbonyl (C=O) groups excluding carboxylic acids is 2.